The minimum Gasteiger partial charge on any atom is -0.329 e. The van der Waals surface area contributed by atoms with E-state index in [0.29, 0.717) is 17.1 Å². The summed E-state index contributed by atoms with van der Waals surface area (Å²) in [6.07, 6.45) is 4.13. The maximum absolute atomic E-state index is 12.9. The van der Waals surface area contributed by atoms with Crippen molar-refractivity contribution in [2.75, 3.05) is 19.6 Å². The zero-order chi connectivity index (χ0) is 16.2. The average molecular weight is 403 g/mol. The van der Waals surface area contributed by atoms with E-state index in [4.69, 9.17) is 11.6 Å². The number of aryl methyl sites for hydroxylation is 1. The van der Waals surface area contributed by atoms with Crippen molar-refractivity contribution in [2.24, 2.45) is 0 Å². The summed E-state index contributed by atoms with van der Waals surface area (Å²) >= 11 is 6.15. The number of nitrogens with zero attached hydrogens (tertiary/aromatic N) is 2. The van der Waals surface area contributed by atoms with Gasteiger partial charge in [0.2, 0.25) is 0 Å². The van der Waals surface area contributed by atoms with E-state index < -0.39 is 0 Å². The van der Waals surface area contributed by atoms with E-state index in [1.54, 1.807) is 12.3 Å². The van der Waals surface area contributed by atoms with Crippen molar-refractivity contribution in [1.29, 1.82) is 0 Å². The third-order valence-electron chi connectivity index (χ3n) is 4.28. The maximum atomic E-state index is 12.9. The largest absolute Gasteiger partial charge is 0.329 e. The van der Waals surface area contributed by atoms with Crippen LogP contribution in [0.15, 0.2) is 42.7 Å². The second-order valence-corrected chi connectivity index (χ2v) is 6.08. The summed E-state index contributed by atoms with van der Waals surface area (Å²) in [4.78, 5) is 18.8. The lowest BCUT2D eigenvalue weighted by Gasteiger charge is -2.36. The van der Waals surface area contributed by atoms with Crippen LogP contribution >= 0.6 is 36.4 Å². The van der Waals surface area contributed by atoms with Gasteiger partial charge in [0.1, 0.15) is 0 Å². The molecule has 1 saturated heterocycles. The maximum Gasteiger partial charge on any atom is 0.256 e. The molecule has 1 fully saturated rings. The summed E-state index contributed by atoms with van der Waals surface area (Å²) in [5.41, 5.74) is 2.96. The van der Waals surface area contributed by atoms with Crippen LogP contribution < -0.4 is 5.32 Å². The van der Waals surface area contributed by atoms with Crippen molar-refractivity contribution >= 4 is 42.3 Å². The molecule has 1 N–H and O–H groups in total. The van der Waals surface area contributed by atoms with Crippen LogP contribution in [0.25, 0.3) is 0 Å². The fourth-order valence-corrected chi connectivity index (χ4v) is 3.12. The Balaban J connectivity index is 0.00000156. The number of nitrogens with one attached hydrogen (secondary N) is 1. The Hall–Kier alpha value is -1.33. The molecule has 1 amide bonds. The van der Waals surface area contributed by atoms with Crippen LogP contribution in [0.4, 0.5) is 0 Å². The molecule has 0 saturated carbocycles. The molecule has 0 spiro atoms. The van der Waals surface area contributed by atoms with Crippen molar-refractivity contribution in [3.8, 4) is 0 Å². The zero-order valence-corrected chi connectivity index (χ0v) is 16.3. The van der Waals surface area contributed by atoms with Crippen molar-refractivity contribution in [2.45, 2.75) is 19.4 Å². The molecule has 0 aliphatic carbocycles. The highest BCUT2D eigenvalue weighted by atomic mass is 35.5. The number of halogens is 3. The standard InChI is InChI=1S/C18H20ClN3O.2ClH/c1-2-13-3-5-14(6-4-13)17-12-21-9-10-22(17)18(23)15-7-8-20-11-16(15)19;;/h3-8,11,17,21H,2,9-10,12H2,1H3;2*1H. The van der Waals surface area contributed by atoms with Gasteiger partial charge in [-0.3, -0.25) is 9.78 Å². The molecule has 25 heavy (non-hydrogen) atoms. The lowest BCUT2D eigenvalue weighted by molar-refractivity contribution is 0.0634. The first kappa shape index (κ1) is 21.7. The number of hydrogen-bond donors (Lipinski definition) is 1. The van der Waals surface area contributed by atoms with E-state index in [9.17, 15) is 4.79 Å². The van der Waals surface area contributed by atoms with Crippen molar-refractivity contribution < 1.29 is 4.79 Å². The Morgan fingerprint density at radius 3 is 2.64 bits per heavy atom. The van der Waals surface area contributed by atoms with E-state index in [1.807, 2.05) is 4.90 Å². The second kappa shape index (κ2) is 9.97. The zero-order valence-electron chi connectivity index (χ0n) is 13.9. The van der Waals surface area contributed by atoms with Crippen LogP contribution in [-0.2, 0) is 6.42 Å². The lowest BCUT2D eigenvalue weighted by Crippen LogP contribution is -2.48. The first-order valence-corrected chi connectivity index (χ1v) is 8.28. The van der Waals surface area contributed by atoms with Gasteiger partial charge in [-0.25, -0.2) is 0 Å². The molecular weight excluding hydrogens is 381 g/mol. The fourth-order valence-electron chi connectivity index (χ4n) is 2.92. The first-order valence-electron chi connectivity index (χ1n) is 7.90. The highest BCUT2D eigenvalue weighted by Gasteiger charge is 2.29. The Kier molecular flexibility index (Phi) is 8.66. The second-order valence-electron chi connectivity index (χ2n) is 5.67. The number of carbonyl (C=O) groups is 1. The van der Waals surface area contributed by atoms with Gasteiger partial charge in [-0.05, 0) is 23.6 Å². The van der Waals surface area contributed by atoms with E-state index in [-0.39, 0.29) is 36.8 Å². The van der Waals surface area contributed by atoms with Gasteiger partial charge >= 0.3 is 0 Å². The number of pyridine rings is 1. The highest BCUT2D eigenvalue weighted by molar-refractivity contribution is 6.33. The van der Waals surface area contributed by atoms with Crippen LogP contribution in [0, 0.1) is 0 Å². The smallest absolute Gasteiger partial charge is 0.256 e. The number of rotatable bonds is 3. The number of benzene rings is 1. The molecule has 1 aromatic heterocycles. The molecule has 1 unspecified atom stereocenters. The summed E-state index contributed by atoms with van der Waals surface area (Å²) in [6, 6.07) is 10.2. The molecule has 0 bridgehead atoms. The quantitative estimate of drug-likeness (QED) is 0.846. The third kappa shape index (κ3) is 4.85. The molecule has 7 heteroatoms. The van der Waals surface area contributed by atoms with Gasteiger partial charge in [0.25, 0.3) is 5.91 Å². The topological polar surface area (TPSA) is 45.2 Å². The Morgan fingerprint density at radius 2 is 2.00 bits per heavy atom. The predicted molar refractivity (Wildman–Crippen MR) is 106 cm³/mol. The summed E-state index contributed by atoms with van der Waals surface area (Å²) in [6.45, 7) is 4.34. The Bertz CT molecular complexity index is 694. The first-order chi connectivity index (χ1) is 11.2. The summed E-state index contributed by atoms with van der Waals surface area (Å²) in [7, 11) is 0. The molecule has 1 aliphatic rings. The number of aromatic nitrogens is 1. The molecule has 4 nitrogen and oxygen atoms in total. The van der Waals surface area contributed by atoms with Gasteiger partial charge < -0.3 is 10.2 Å². The molecule has 2 heterocycles. The average Bonchev–Trinajstić information content (AvgIpc) is 2.62. The van der Waals surface area contributed by atoms with E-state index in [2.05, 4.69) is 41.5 Å². The van der Waals surface area contributed by atoms with Crippen LogP contribution in [0.2, 0.25) is 5.02 Å². The van der Waals surface area contributed by atoms with Gasteiger partial charge in [-0.1, -0.05) is 42.8 Å². The minimum atomic E-state index is -0.0385. The van der Waals surface area contributed by atoms with Crippen molar-refractivity contribution in [3.63, 3.8) is 0 Å². The van der Waals surface area contributed by atoms with Gasteiger partial charge in [0.05, 0.1) is 16.6 Å². The van der Waals surface area contributed by atoms with Crippen molar-refractivity contribution in [1.82, 2.24) is 15.2 Å². The molecule has 1 aliphatic heterocycles. The Labute approximate surface area is 165 Å². The van der Waals surface area contributed by atoms with Gasteiger partial charge in [0, 0.05) is 32.0 Å². The third-order valence-corrected chi connectivity index (χ3v) is 4.58. The van der Waals surface area contributed by atoms with Crippen LogP contribution in [0.1, 0.15) is 34.5 Å². The van der Waals surface area contributed by atoms with E-state index >= 15 is 0 Å². The number of hydrogen-bond acceptors (Lipinski definition) is 3. The fraction of sp³-hybridized carbons (Fsp3) is 0.333. The highest BCUT2D eigenvalue weighted by Crippen LogP contribution is 2.26. The number of amides is 1. The van der Waals surface area contributed by atoms with E-state index in [0.717, 1.165) is 25.1 Å². The molecular formula is C18H22Cl3N3O. The van der Waals surface area contributed by atoms with Gasteiger partial charge in [-0.15, -0.1) is 24.8 Å². The lowest BCUT2D eigenvalue weighted by atomic mass is 10.00. The molecule has 1 aromatic carbocycles. The summed E-state index contributed by atoms with van der Waals surface area (Å²) in [5.74, 6) is -0.0385. The molecule has 3 rings (SSSR count). The molecule has 1 atom stereocenters. The summed E-state index contributed by atoms with van der Waals surface area (Å²) < 4.78 is 0. The number of piperazine rings is 1. The monoisotopic (exact) mass is 401 g/mol. The predicted octanol–water partition coefficient (Wildman–Crippen LogP) is 3.93. The molecule has 136 valence electrons. The Morgan fingerprint density at radius 1 is 1.28 bits per heavy atom. The normalized spacial score (nSPS) is 16.6. The van der Waals surface area contributed by atoms with Crippen LogP contribution in [-0.4, -0.2) is 35.4 Å². The van der Waals surface area contributed by atoms with Crippen LogP contribution in [0.5, 0.6) is 0 Å². The SMILES string of the molecule is CCc1ccc(C2CNCCN2C(=O)c2ccncc2Cl)cc1.Cl.Cl. The minimum absolute atomic E-state index is 0. The van der Waals surface area contributed by atoms with Crippen molar-refractivity contribution in [3.05, 3.63) is 64.4 Å². The molecule has 0 radical (unpaired) electrons. The van der Waals surface area contributed by atoms with E-state index in [1.165, 1.54) is 11.8 Å². The van der Waals surface area contributed by atoms with Crippen LogP contribution in [0.3, 0.4) is 0 Å². The van der Waals surface area contributed by atoms with Gasteiger partial charge in [0.15, 0.2) is 0 Å². The van der Waals surface area contributed by atoms with Gasteiger partial charge in [-0.2, -0.15) is 0 Å². The summed E-state index contributed by atoms with van der Waals surface area (Å²) in [5, 5.41) is 3.77. The number of carbonyl (C=O) groups excluding carboxylic acids is 1. The molecule has 2 aromatic rings.